The van der Waals surface area contributed by atoms with Crippen molar-refractivity contribution in [2.45, 2.75) is 6.92 Å². The van der Waals surface area contributed by atoms with Gasteiger partial charge in [0.2, 0.25) is 0 Å². The van der Waals surface area contributed by atoms with Crippen LogP contribution >= 0.6 is 0 Å². The summed E-state index contributed by atoms with van der Waals surface area (Å²) in [5, 5.41) is 0. The summed E-state index contributed by atoms with van der Waals surface area (Å²) in [6, 6.07) is 0. The lowest BCUT2D eigenvalue weighted by Gasteiger charge is -1.96. The lowest BCUT2D eigenvalue weighted by molar-refractivity contribution is -0.131. The van der Waals surface area contributed by atoms with Crippen molar-refractivity contribution in [3.05, 3.63) is 0 Å². The van der Waals surface area contributed by atoms with Gasteiger partial charge >= 0.3 is 16.4 Å². The van der Waals surface area contributed by atoms with Crippen LogP contribution in [0.4, 0.5) is 0 Å². The van der Waals surface area contributed by atoms with Gasteiger partial charge in [0.05, 0.1) is 7.11 Å². The average molecular weight is 154 g/mol. The fraction of sp³-hybridized carbons (Fsp3) is 0.667. The van der Waals surface area contributed by atoms with Gasteiger partial charge in [-0.25, -0.2) is 4.18 Å². The molecule has 0 aromatic rings. The summed E-state index contributed by atoms with van der Waals surface area (Å²) in [4.78, 5) is 9.94. The number of hydrogen-bond acceptors (Lipinski definition) is 5. The molecule has 0 rings (SSSR count). The van der Waals surface area contributed by atoms with Crippen molar-refractivity contribution < 1.29 is 21.6 Å². The van der Waals surface area contributed by atoms with E-state index in [4.69, 9.17) is 0 Å². The molecule has 9 heavy (non-hydrogen) atoms. The van der Waals surface area contributed by atoms with Gasteiger partial charge in [0, 0.05) is 6.92 Å². The second-order valence-electron chi connectivity index (χ2n) is 1.15. The molecule has 0 saturated heterocycles. The molecule has 0 aromatic carbocycles. The molecule has 0 amide bonds. The molecular weight excluding hydrogens is 148 g/mol. The lowest BCUT2D eigenvalue weighted by atomic mass is 10.9. The predicted molar refractivity (Wildman–Crippen MR) is 27.7 cm³/mol. The van der Waals surface area contributed by atoms with Crippen LogP contribution in [0, 0.1) is 0 Å². The van der Waals surface area contributed by atoms with Crippen molar-refractivity contribution in [1.29, 1.82) is 0 Å². The maximum Gasteiger partial charge on any atom is 0.451 e. The third-order valence-corrected chi connectivity index (χ3v) is 1.27. The molecule has 0 atom stereocenters. The lowest BCUT2D eigenvalue weighted by Crippen LogP contribution is -2.10. The predicted octanol–water partition coefficient (Wildman–Crippen LogP) is -0.559. The second-order valence-corrected chi connectivity index (χ2v) is 2.47. The van der Waals surface area contributed by atoms with Crippen molar-refractivity contribution in [2.24, 2.45) is 0 Å². The Morgan fingerprint density at radius 2 is 1.89 bits per heavy atom. The highest BCUT2D eigenvalue weighted by molar-refractivity contribution is 7.82. The molecule has 0 bridgehead atoms. The first-order chi connectivity index (χ1) is 3.98. The van der Waals surface area contributed by atoms with Crippen LogP contribution < -0.4 is 0 Å². The van der Waals surface area contributed by atoms with Gasteiger partial charge in [-0.2, -0.15) is 8.42 Å². The summed E-state index contributed by atoms with van der Waals surface area (Å²) >= 11 is 0. The first-order valence-electron chi connectivity index (χ1n) is 1.98. The summed E-state index contributed by atoms with van der Waals surface area (Å²) in [7, 11) is -3.17. The van der Waals surface area contributed by atoms with Gasteiger partial charge in [-0.15, -0.1) is 0 Å². The maximum atomic E-state index is 10.1. The molecule has 0 spiro atoms. The Bertz CT molecular complexity index is 190. The largest absolute Gasteiger partial charge is 0.451 e. The van der Waals surface area contributed by atoms with E-state index in [1.54, 1.807) is 0 Å². The summed E-state index contributed by atoms with van der Waals surface area (Å²) in [5.74, 6) is -0.920. The van der Waals surface area contributed by atoms with Gasteiger partial charge in [0.25, 0.3) is 0 Å². The minimum absolute atomic E-state index is 0.901. The zero-order valence-electron chi connectivity index (χ0n) is 4.95. The SMILES string of the molecule is COS(=O)(=O)OC(C)=O. The van der Waals surface area contributed by atoms with Gasteiger partial charge in [0.15, 0.2) is 0 Å². The third kappa shape index (κ3) is 3.92. The molecule has 54 valence electrons. The minimum atomic E-state index is -4.07. The van der Waals surface area contributed by atoms with Crippen molar-refractivity contribution in [3.63, 3.8) is 0 Å². The van der Waals surface area contributed by atoms with Crippen LogP contribution in [0.25, 0.3) is 0 Å². The molecule has 0 heterocycles. The second kappa shape index (κ2) is 2.79. The number of rotatable bonds is 2. The van der Waals surface area contributed by atoms with Crippen molar-refractivity contribution in [2.75, 3.05) is 7.11 Å². The van der Waals surface area contributed by atoms with E-state index in [-0.39, 0.29) is 0 Å². The molecular formula is C3H6O5S. The standard InChI is InChI=1S/C3H6O5S/c1-3(4)8-9(5,6)7-2/h1-2H3. The highest BCUT2D eigenvalue weighted by Gasteiger charge is 2.10. The number of hydrogen-bond donors (Lipinski definition) is 0. The van der Waals surface area contributed by atoms with E-state index in [1.807, 2.05) is 0 Å². The van der Waals surface area contributed by atoms with Crippen LogP contribution in [-0.2, 0) is 23.6 Å². The van der Waals surface area contributed by atoms with Crippen LogP contribution in [0.5, 0.6) is 0 Å². The molecule has 0 aliphatic heterocycles. The van der Waals surface area contributed by atoms with E-state index >= 15 is 0 Å². The number of carbonyl (C=O) groups excluding carboxylic acids is 1. The van der Waals surface area contributed by atoms with E-state index < -0.39 is 16.4 Å². The molecule has 0 radical (unpaired) electrons. The van der Waals surface area contributed by atoms with Crippen LogP contribution in [0.3, 0.4) is 0 Å². The highest BCUT2D eigenvalue weighted by atomic mass is 32.3. The molecule has 0 fully saturated rings. The Hall–Kier alpha value is -0.620. The quantitative estimate of drug-likeness (QED) is 0.533. The molecule has 6 heteroatoms. The van der Waals surface area contributed by atoms with Gasteiger partial charge < -0.3 is 4.18 Å². The fourth-order valence-electron chi connectivity index (χ4n) is 0.178. The zero-order chi connectivity index (χ0) is 7.49. The molecule has 0 aliphatic carbocycles. The monoisotopic (exact) mass is 154 g/mol. The maximum absolute atomic E-state index is 10.1. The van der Waals surface area contributed by atoms with Crippen LogP contribution in [0.2, 0.25) is 0 Å². The minimum Gasteiger partial charge on any atom is -0.325 e. The van der Waals surface area contributed by atoms with E-state index in [2.05, 4.69) is 8.37 Å². The first-order valence-corrected chi connectivity index (χ1v) is 3.32. The Morgan fingerprint density at radius 3 is 2.00 bits per heavy atom. The summed E-state index contributed by atoms with van der Waals surface area (Å²) < 4.78 is 27.8. The highest BCUT2D eigenvalue weighted by Crippen LogP contribution is 1.91. The van der Waals surface area contributed by atoms with E-state index in [9.17, 15) is 13.2 Å². The van der Waals surface area contributed by atoms with Crippen LogP contribution in [0.15, 0.2) is 0 Å². The van der Waals surface area contributed by atoms with Crippen molar-refractivity contribution in [3.8, 4) is 0 Å². The summed E-state index contributed by atoms with van der Waals surface area (Å²) in [5.41, 5.74) is 0. The smallest absolute Gasteiger partial charge is 0.325 e. The fourth-order valence-corrected chi connectivity index (χ4v) is 0.533. The Morgan fingerprint density at radius 1 is 1.44 bits per heavy atom. The van der Waals surface area contributed by atoms with Crippen molar-refractivity contribution >= 4 is 16.4 Å². The molecule has 0 saturated carbocycles. The van der Waals surface area contributed by atoms with Crippen molar-refractivity contribution in [1.82, 2.24) is 0 Å². The summed E-state index contributed by atoms with van der Waals surface area (Å²) in [6.45, 7) is 0.969. The third-order valence-electron chi connectivity index (χ3n) is 0.424. The Labute approximate surface area is 52.9 Å². The zero-order valence-corrected chi connectivity index (χ0v) is 5.77. The van der Waals surface area contributed by atoms with E-state index in [1.165, 1.54) is 0 Å². The average Bonchev–Trinajstić information content (AvgIpc) is 1.63. The Kier molecular flexibility index (Phi) is 2.60. The normalized spacial score (nSPS) is 10.9. The van der Waals surface area contributed by atoms with Crippen LogP contribution in [0.1, 0.15) is 6.92 Å². The van der Waals surface area contributed by atoms with E-state index in [0.29, 0.717) is 0 Å². The van der Waals surface area contributed by atoms with E-state index in [0.717, 1.165) is 14.0 Å². The first kappa shape index (κ1) is 8.38. The number of carbonyl (C=O) groups is 1. The molecule has 0 aromatic heterocycles. The Balaban J connectivity index is 4.06. The summed E-state index contributed by atoms with van der Waals surface area (Å²) in [6.07, 6.45) is 0. The molecule has 0 aliphatic rings. The van der Waals surface area contributed by atoms with Gasteiger partial charge in [0.1, 0.15) is 0 Å². The molecule has 0 N–H and O–H groups in total. The topological polar surface area (TPSA) is 69.7 Å². The van der Waals surface area contributed by atoms with Gasteiger partial charge in [-0.3, -0.25) is 4.79 Å². The molecule has 5 nitrogen and oxygen atoms in total. The van der Waals surface area contributed by atoms with Gasteiger partial charge in [-0.05, 0) is 0 Å². The van der Waals surface area contributed by atoms with Crippen LogP contribution in [-0.4, -0.2) is 21.5 Å². The van der Waals surface area contributed by atoms with Gasteiger partial charge in [-0.1, -0.05) is 0 Å². The molecule has 0 unspecified atom stereocenters.